The van der Waals surface area contributed by atoms with Crippen LogP contribution in [0.2, 0.25) is 0 Å². The molecule has 0 bridgehead atoms. The van der Waals surface area contributed by atoms with Crippen LogP contribution in [0.4, 0.5) is 13.2 Å². The number of methoxy groups -OCH3 is 1. The van der Waals surface area contributed by atoms with Crippen molar-refractivity contribution in [3.8, 4) is 0 Å². The fraction of sp³-hybridized carbons (Fsp3) is 0.333. The molecule has 0 aromatic carbocycles. The summed E-state index contributed by atoms with van der Waals surface area (Å²) in [4.78, 5) is 14.1. The summed E-state index contributed by atoms with van der Waals surface area (Å²) in [7, 11) is 1.15. The first-order valence-electron chi connectivity index (χ1n) is 4.04. The Morgan fingerprint density at radius 3 is 2.73 bits per heavy atom. The molecule has 0 unspecified atom stereocenters. The highest BCUT2D eigenvalue weighted by Gasteiger charge is 2.14. The second-order valence-corrected chi connectivity index (χ2v) is 2.75. The van der Waals surface area contributed by atoms with Gasteiger partial charge in [0, 0.05) is 17.8 Å². The zero-order valence-electron chi connectivity index (χ0n) is 7.84. The van der Waals surface area contributed by atoms with Gasteiger partial charge in [-0.3, -0.25) is 9.78 Å². The molecule has 0 aliphatic heterocycles. The van der Waals surface area contributed by atoms with E-state index in [0.717, 1.165) is 13.3 Å². The van der Waals surface area contributed by atoms with Crippen LogP contribution < -0.4 is 0 Å². The Bertz CT molecular complexity index is 368. The number of esters is 1. The molecule has 0 radical (unpaired) electrons. The second kappa shape index (κ2) is 4.77. The van der Waals surface area contributed by atoms with Crippen molar-refractivity contribution in [2.75, 3.05) is 7.11 Å². The van der Waals surface area contributed by atoms with E-state index in [-0.39, 0.29) is 12.0 Å². The molecule has 0 spiro atoms. The molecule has 3 nitrogen and oxygen atoms in total. The lowest BCUT2D eigenvalue weighted by molar-refractivity contribution is -0.139. The monoisotopic (exact) mass is 219 g/mol. The maximum Gasteiger partial charge on any atom is 0.310 e. The molecule has 1 rings (SSSR count). The van der Waals surface area contributed by atoms with Gasteiger partial charge in [-0.05, 0) is 0 Å². The Hall–Kier alpha value is -1.59. The van der Waals surface area contributed by atoms with E-state index in [1.54, 1.807) is 0 Å². The molecule has 0 aliphatic rings. The van der Waals surface area contributed by atoms with Gasteiger partial charge in [0.15, 0.2) is 0 Å². The van der Waals surface area contributed by atoms with Crippen molar-refractivity contribution in [2.45, 2.75) is 12.8 Å². The van der Waals surface area contributed by atoms with Crippen molar-refractivity contribution in [3.05, 3.63) is 29.3 Å². The lowest BCUT2D eigenvalue weighted by atomic mass is 10.2. The summed E-state index contributed by atoms with van der Waals surface area (Å²) in [6, 6.07) is 0.614. The highest BCUT2D eigenvalue weighted by Crippen LogP contribution is 2.18. The summed E-state index contributed by atoms with van der Waals surface area (Å²) in [6.45, 7) is 0. The Kier molecular flexibility index (Phi) is 3.65. The number of halogens is 3. The average molecular weight is 219 g/mol. The van der Waals surface area contributed by atoms with Crippen LogP contribution in [-0.4, -0.2) is 18.1 Å². The summed E-state index contributed by atoms with van der Waals surface area (Å²) in [5.74, 6) is -1.54. The topological polar surface area (TPSA) is 39.2 Å². The minimum atomic E-state index is -2.83. The van der Waals surface area contributed by atoms with Gasteiger partial charge < -0.3 is 4.74 Å². The minimum Gasteiger partial charge on any atom is -0.469 e. The maximum absolute atomic E-state index is 13.1. The third-order valence-electron chi connectivity index (χ3n) is 1.74. The van der Waals surface area contributed by atoms with Crippen LogP contribution in [0.3, 0.4) is 0 Å². The summed E-state index contributed by atoms with van der Waals surface area (Å²) >= 11 is 0. The zero-order chi connectivity index (χ0) is 11.4. The van der Waals surface area contributed by atoms with Gasteiger partial charge in [0.1, 0.15) is 11.5 Å². The molecule has 0 saturated heterocycles. The molecule has 15 heavy (non-hydrogen) atoms. The SMILES string of the molecule is COC(=O)Cc1cnc(C(F)F)cc1F. The molecule has 6 heteroatoms. The predicted molar refractivity (Wildman–Crippen MR) is 44.9 cm³/mol. The number of hydrogen-bond acceptors (Lipinski definition) is 3. The van der Waals surface area contributed by atoms with Gasteiger partial charge in [-0.15, -0.1) is 0 Å². The lowest BCUT2D eigenvalue weighted by Crippen LogP contribution is -2.07. The summed E-state index contributed by atoms with van der Waals surface area (Å²) in [5.41, 5.74) is -0.715. The number of alkyl halides is 2. The normalized spacial score (nSPS) is 10.5. The van der Waals surface area contributed by atoms with E-state index in [1.807, 2.05) is 0 Å². The number of rotatable bonds is 3. The van der Waals surface area contributed by atoms with Crippen molar-refractivity contribution >= 4 is 5.97 Å². The van der Waals surface area contributed by atoms with Gasteiger partial charge in [0.2, 0.25) is 0 Å². The van der Waals surface area contributed by atoms with Crippen LogP contribution in [0, 0.1) is 5.82 Å². The van der Waals surface area contributed by atoms with E-state index < -0.39 is 23.9 Å². The Balaban J connectivity index is 2.88. The number of pyridine rings is 1. The van der Waals surface area contributed by atoms with E-state index >= 15 is 0 Å². The van der Waals surface area contributed by atoms with Gasteiger partial charge in [-0.25, -0.2) is 13.2 Å². The minimum absolute atomic E-state index is 0.0637. The number of aromatic nitrogens is 1. The third kappa shape index (κ3) is 2.93. The van der Waals surface area contributed by atoms with E-state index in [2.05, 4.69) is 9.72 Å². The van der Waals surface area contributed by atoms with Crippen LogP contribution in [0.1, 0.15) is 17.7 Å². The van der Waals surface area contributed by atoms with Crippen molar-refractivity contribution in [1.82, 2.24) is 4.98 Å². The molecule has 0 fully saturated rings. The van der Waals surface area contributed by atoms with Gasteiger partial charge >= 0.3 is 5.97 Å². The number of carbonyl (C=O) groups is 1. The van der Waals surface area contributed by atoms with Gasteiger partial charge in [-0.1, -0.05) is 0 Å². The molecule has 82 valence electrons. The largest absolute Gasteiger partial charge is 0.469 e. The first-order valence-corrected chi connectivity index (χ1v) is 4.04. The molecule has 1 aromatic rings. The van der Waals surface area contributed by atoms with E-state index in [4.69, 9.17) is 0 Å². The van der Waals surface area contributed by atoms with Crippen LogP contribution in [0.15, 0.2) is 12.3 Å². The molecule has 1 heterocycles. The van der Waals surface area contributed by atoms with E-state index in [1.165, 1.54) is 0 Å². The smallest absolute Gasteiger partial charge is 0.310 e. The quantitative estimate of drug-likeness (QED) is 0.728. The van der Waals surface area contributed by atoms with Gasteiger partial charge in [-0.2, -0.15) is 0 Å². The second-order valence-electron chi connectivity index (χ2n) is 2.75. The van der Waals surface area contributed by atoms with E-state index in [9.17, 15) is 18.0 Å². The van der Waals surface area contributed by atoms with Gasteiger partial charge in [0.25, 0.3) is 6.43 Å². The molecule has 0 N–H and O–H groups in total. The van der Waals surface area contributed by atoms with Crippen molar-refractivity contribution < 1.29 is 22.7 Å². The van der Waals surface area contributed by atoms with Crippen molar-refractivity contribution in [3.63, 3.8) is 0 Å². The average Bonchev–Trinajstić information content (AvgIpc) is 2.20. The predicted octanol–water partition coefficient (Wildman–Crippen LogP) is 1.87. The molecule has 0 amide bonds. The molecular weight excluding hydrogens is 211 g/mol. The number of ether oxygens (including phenoxy) is 1. The number of nitrogens with zero attached hydrogens (tertiary/aromatic N) is 1. The summed E-state index contributed by atoms with van der Waals surface area (Å²) in [6.07, 6.45) is -2.24. The van der Waals surface area contributed by atoms with Gasteiger partial charge in [0.05, 0.1) is 13.5 Å². The van der Waals surface area contributed by atoms with Crippen molar-refractivity contribution in [2.24, 2.45) is 0 Å². The first-order chi connectivity index (χ1) is 7.04. The molecular formula is C9H8F3NO2. The highest BCUT2D eigenvalue weighted by molar-refractivity contribution is 5.72. The fourth-order valence-electron chi connectivity index (χ4n) is 0.951. The molecule has 1 aromatic heterocycles. The number of hydrogen-bond donors (Lipinski definition) is 0. The van der Waals surface area contributed by atoms with E-state index in [0.29, 0.717) is 6.07 Å². The van der Waals surface area contributed by atoms with Crippen LogP contribution in [0.5, 0.6) is 0 Å². The molecule has 0 aliphatic carbocycles. The Morgan fingerprint density at radius 2 is 2.27 bits per heavy atom. The molecule has 0 atom stereocenters. The Morgan fingerprint density at radius 1 is 1.60 bits per heavy atom. The van der Waals surface area contributed by atoms with Crippen LogP contribution in [-0.2, 0) is 16.0 Å². The van der Waals surface area contributed by atoms with Crippen molar-refractivity contribution in [1.29, 1.82) is 0 Å². The number of carbonyl (C=O) groups excluding carboxylic acids is 1. The summed E-state index contributed by atoms with van der Waals surface area (Å²) in [5, 5.41) is 0. The van der Waals surface area contributed by atoms with Crippen LogP contribution >= 0.6 is 0 Å². The zero-order valence-corrected chi connectivity index (χ0v) is 7.84. The van der Waals surface area contributed by atoms with Crippen LogP contribution in [0.25, 0.3) is 0 Å². The standard InChI is InChI=1S/C9H8F3NO2/c1-15-8(14)2-5-4-13-7(9(11)12)3-6(5)10/h3-4,9H,2H2,1H3. The lowest BCUT2D eigenvalue weighted by Gasteiger charge is -2.03. The third-order valence-corrected chi connectivity index (χ3v) is 1.74. The first kappa shape index (κ1) is 11.5. The summed E-state index contributed by atoms with van der Waals surface area (Å²) < 4.78 is 41.6. The fourth-order valence-corrected chi connectivity index (χ4v) is 0.951. The Labute approximate surface area is 83.9 Å². The maximum atomic E-state index is 13.1. The molecule has 0 saturated carbocycles. The highest BCUT2D eigenvalue weighted by atomic mass is 19.3.